The predicted molar refractivity (Wildman–Crippen MR) is 79.6 cm³/mol. The van der Waals surface area contributed by atoms with Gasteiger partial charge < -0.3 is 19.5 Å². The van der Waals surface area contributed by atoms with E-state index >= 15 is 0 Å². The van der Waals surface area contributed by atoms with Crippen LogP contribution in [0, 0.1) is 10.1 Å². The summed E-state index contributed by atoms with van der Waals surface area (Å²) in [5.74, 6) is 0. The molecule has 0 saturated carbocycles. The van der Waals surface area contributed by atoms with Gasteiger partial charge in [-0.05, 0) is 12.5 Å². The number of nitro benzene ring substituents is 1. The Labute approximate surface area is 124 Å². The molecule has 0 fully saturated rings. The number of aliphatic hydroxyl groups excluding tert-OH is 1. The van der Waals surface area contributed by atoms with Gasteiger partial charge >= 0.3 is 0 Å². The van der Waals surface area contributed by atoms with Gasteiger partial charge in [0.25, 0.3) is 5.69 Å². The lowest BCUT2D eigenvalue weighted by molar-refractivity contribution is -0.384. The summed E-state index contributed by atoms with van der Waals surface area (Å²) in [7, 11) is 3.26. The lowest BCUT2D eigenvalue weighted by atomic mass is 10.1. The molecule has 1 N–H and O–H groups in total. The highest BCUT2D eigenvalue weighted by atomic mass is 16.6. The molecule has 21 heavy (non-hydrogen) atoms. The number of hydrogen-bond donors (Lipinski definition) is 1. The Morgan fingerprint density at radius 1 is 1.24 bits per heavy atom. The van der Waals surface area contributed by atoms with E-state index in [1.54, 1.807) is 20.3 Å². The van der Waals surface area contributed by atoms with Gasteiger partial charge in [-0.2, -0.15) is 0 Å². The first kappa shape index (κ1) is 17.4. The Kier molecular flexibility index (Phi) is 7.66. The van der Waals surface area contributed by atoms with E-state index in [1.165, 1.54) is 12.1 Å². The van der Waals surface area contributed by atoms with E-state index in [-0.39, 0.29) is 12.3 Å². The molecule has 0 atom stereocenters. The quantitative estimate of drug-likeness (QED) is 0.401. The van der Waals surface area contributed by atoms with Crippen LogP contribution in [0.3, 0.4) is 0 Å². The molecule has 0 saturated heterocycles. The Hall–Kier alpha value is -1.70. The molecule has 1 rings (SSSR count). The van der Waals surface area contributed by atoms with E-state index in [0.717, 1.165) is 18.7 Å². The number of rotatable bonds is 10. The summed E-state index contributed by atoms with van der Waals surface area (Å²) in [6.07, 6.45) is 0.821. The van der Waals surface area contributed by atoms with Gasteiger partial charge in [-0.3, -0.25) is 10.1 Å². The summed E-state index contributed by atoms with van der Waals surface area (Å²) in [6.45, 7) is 2.29. The smallest absolute Gasteiger partial charge is 0.269 e. The van der Waals surface area contributed by atoms with Gasteiger partial charge in [0.2, 0.25) is 0 Å². The highest BCUT2D eigenvalue weighted by Crippen LogP contribution is 2.25. The van der Waals surface area contributed by atoms with Crippen LogP contribution in [-0.2, 0) is 16.1 Å². The zero-order chi connectivity index (χ0) is 15.7. The molecule has 118 valence electrons. The summed E-state index contributed by atoms with van der Waals surface area (Å²) < 4.78 is 10.1. The first-order valence-electron chi connectivity index (χ1n) is 6.75. The number of aliphatic hydroxyl groups is 1. The van der Waals surface area contributed by atoms with Crippen molar-refractivity contribution in [1.82, 2.24) is 0 Å². The maximum atomic E-state index is 10.8. The molecular weight excluding hydrogens is 276 g/mol. The highest BCUT2D eigenvalue weighted by molar-refractivity contribution is 5.57. The number of nitro groups is 1. The minimum atomic E-state index is -0.465. The van der Waals surface area contributed by atoms with Crippen molar-refractivity contribution in [2.24, 2.45) is 0 Å². The number of anilines is 1. The second-order valence-corrected chi connectivity index (χ2v) is 4.55. The third-order valence-corrected chi connectivity index (χ3v) is 3.13. The zero-order valence-electron chi connectivity index (χ0n) is 12.4. The van der Waals surface area contributed by atoms with Crippen molar-refractivity contribution >= 4 is 11.4 Å². The van der Waals surface area contributed by atoms with Crippen LogP contribution in [0.2, 0.25) is 0 Å². The van der Waals surface area contributed by atoms with E-state index in [4.69, 9.17) is 9.47 Å². The summed E-state index contributed by atoms with van der Waals surface area (Å²) in [6, 6.07) is 4.53. The molecule has 1 aromatic carbocycles. The van der Waals surface area contributed by atoms with E-state index in [9.17, 15) is 15.2 Å². The van der Waals surface area contributed by atoms with Gasteiger partial charge in [-0.15, -0.1) is 0 Å². The molecule has 0 heterocycles. The normalized spacial score (nSPS) is 10.6. The second kappa shape index (κ2) is 9.28. The molecule has 0 bridgehead atoms. The fraction of sp³-hybridized carbons (Fsp3) is 0.571. The first-order chi connectivity index (χ1) is 10.1. The lowest BCUT2D eigenvalue weighted by Gasteiger charge is -2.26. The number of methoxy groups -OCH3 is 2. The van der Waals surface area contributed by atoms with E-state index in [1.807, 2.05) is 4.90 Å². The monoisotopic (exact) mass is 298 g/mol. The van der Waals surface area contributed by atoms with Crippen molar-refractivity contribution in [2.75, 3.05) is 45.4 Å². The highest BCUT2D eigenvalue weighted by Gasteiger charge is 2.15. The fourth-order valence-corrected chi connectivity index (χ4v) is 2.07. The molecule has 0 spiro atoms. The first-order valence-corrected chi connectivity index (χ1v) is 6.75. The number of benzene rings is 1. The minimum Gasteiger partial charge on any atom is -0.392 e. The molecule has 0 aliphatic carbocycles. The molecule has 0 aliphatic rings. The molecule has 0 radical (unpaired) electrons. The van der Waals surface area contributed by atoms with Crippen molar-refractivity contribution in [2.45, 2.75) is 13.0 Å². The topological polar surface area (TPSA) is 85.1 Å². The number of ether oxygens (including phenoxy) is 2. The third-order valence-electron chi connectivity index (χ3n) is 3.13. The Morgan fingerprint density at radius 2 is 1.95 bits per heavy atom. The van der Waals surface area contributed by atoms with Crippen molar-refractivity contribution in [3.05, 3.63) is 33.9 Å². The van der Waals surface area contributed by atoms with Crippen LogP contribution in [0.15, 0.2) is 18.2 Å². The molecule has 0 aliphatic heterocycles. The van der Waals surface area contributed by atoms with Gasteiger partial charge in [-0.25, -0.2) is 0 Å². The van der Waals surface area contributed by atoms with Crippen LogP contribution in [0.1, 0.15) is 12.0 Å². The number of nitrogens with zero attached hydrogens (tertiary/aromatic N) is 2. The van der Waals surface area contributed by atoms with Crippen LogP contribution < -0.4 is 4.90 Å². The molecule has 0 aromatic heterocycles. The van der Waals surface area contributed by atoms with Crippen LogP contribution in [-0.4, -0.2) is 50.6 Å². The van der Waals surface area contributed by atoms with Crippen LogP contribution in [0.4, 0.5) is 11.4 Å². The van der Waals surface area contributed by atoms with Crippen LogP contribution in [0.25, 0.3) is 0 Å². The van der Waals surface area contributed by atoms with Gasteiger partial charge in [0.1, 0.15) is 0 Å². The predicted octanol–water partition coefficient (Wildman–Crippen LogP) is 1.58. The molecule has 0 unspecified atom stereocenters. The van der Waals surface area contributed by atoms with Crippen molar-refractivity contribution in [1.29, 1.82) is 0 Å². The average molecular weight is 298 g/mol. The van der Waals surface area contributed by atoms with Crippen molar-refractivity contribution in [3.8, 4) is 0 Å². The van der Waals surface area contributed by atoms with Gasteiger partial charge in [0.15, 0.2) is 0 Å². The summed E-state index contributed by atoms with van der Waals surface area (Å²) >= 11 is 0. The Morgan fingerprint density at radius 3 is 2.52 bits per heavy atom. The van der Waals surface area contributed by atoms with E-state index < -0.39 is 4.92 Å². The summed E-state index contributed by atoms with van der Waals surface area (Å²) in [5, 5.41) is 20.3. The Balaban J connectivity index is 2.95. The number of non-ortho nitro benzene ring substituents is 1. The third kappa shape index (κ3) is 5.30. The molecule has 7 heteroatoms. The summed E-state index contributed by atoms with van der Waals surface area (Å²) in [4.78, 5) is 12.4. The van der Waals surface area contributed by atoms with Gasteiger partial charge in [0, 0.05) is 57.3 Å². The van der Waals surface area contributed by atoms with Crippen LogP contribution in [0.5, 0.6) is 0 Å². The van der Waals surface area contributed by atoms with Crippen molar-refractivity contribution in [3.63, 3.8) is 0 Å². The van der Waals surface area contributed by atoms with Crippen molar-refractivity contribution < 1.29 is 19.5 Å². The largest absolute Gasteiger partial charge is 0.392 e. The fourth-order valence-electron chi connectivity index (χ4n) is 2.07. The zero-order valence-corrected chi connectivity index (χ0v) is 12.4. The van der Waals surface area contributed by atoms with E-state index in [2.05, 4.69) is 0 Å². The van der Waals surface area contributed by atoms with Gasteiger partial charge in [-0.1, -0.05) is 0 Å². The molecule has 0 amide bonds. The Bertz CT molecular complexity index is 453. The average Bonchev–Trinajstić information content (AvgIpc) is 2.50. The molecule has 1 aromatic rings. The maximum absolute atomic E-state index is 10.8. The van der Waals surface area contributed by atoms with Gasteiger partial charge in [0.05, 0.1) is 18.1 Å². The number of hydrogen-bond acceptors (Lipinski definition) is 6. The SMILES string of the molecule is COCCCN(CCOC)c1ccc([N+](=O)[O-])cc1CO. The summed E-state index contributed by atoms with van der Waals surface area (Å²) in [5.41, 5.74) is 1.31. The minimum absolute atomic E-state index is 0.0219. The molecular formula is C14H22N2O5. The standard InChI is InChI=1S/C14H22N2O5/c1-20-8-3-6-15(7-9-21-2)14-5-4-13(16(18)19)10-12(14)11-17/h4-5,10,17H,3,6-9,11H2,1-2H3. The second-order valence-electron chi connectivity index (χ2n) is 4.55. The van der Waals surface area contributed by atoms with E-state index in [0.29, 0.717) is 25.3 Å². The maximum Gasteiger partial charge on any atom is 0.269 e. The molecule has 7 nitrogen and oxygen atoms in total. The lowest BCUT2D eigenvalue weighted by Crippen LogP contribution is -2.30. The van der Waals surface area contributed by atoms with Crippen LogP contribution >= 0.6 is 0 Å².